The predicted octanol–water partition coefficient (Wildman–Crippen LogP) is 1.88. The Morgan fingerprint density at radius 1 is 1.50 bits per heavy atom. The molecule has 0 saturated carbocycles. The molecule has 1 atom stereocenters. The molecule has 0 saturated heterocycles. The highest BCUT2D eigenvalue weighted by Gasteiger charge is 2.11. The van der Waals surface area contributed by atoms with Gasteiger partial charge in [-0.1, -0.05) is 13.8 Å². The van der Waals surface area contributed by atoms with Gasteiger partial charge in [-0.2, -0.15) is 0 Å². The summed E-state index contributed by atoms with van der Waals surface area (Å²) in [4.78, 5) is 4.23. The first-order chi connectivity index (χ1) is 6.63. The molecule has 0 amide bonds. The molecule has 0 radical (unpaired) electrons. The van der Waals surface area contributed by atoms with Gasteiger partial charge in [0.2, 0.25) is 0 Å². The third-order valence-corrected chi connectivity index (χ3v) is 2.29. The summed E-state index contributed by atoms with van der Waals surface area (Å²) < 4.78 is 0.947. The summed E-state index contributed by atoms with van der Waals surface area (Å²) in [5.74, 6) is 0. The fourth-order valence-corrected chi connectivity index (χ4v) is 1.46. The number of aliphatic hydroxyl groups is 1. The Morgan fingerprint density at radius 2 is 2.21 bits per heavy atom. The molecule has 0 bridgehead atoms. The number of aliphatic hydroxyl groups excluding tert-OH is 1. The highest BCUT2D eigenvalue weighted by atomic mass is 79.9. The number of hydrogen-bond acceptors (Lipinski definition) is 3. The maximum Gasteiger partial charge on any atom is 0.0731 e. The van der Waals surface area contributed by atoms with Crippen molar-refractivity contribution >= 4 is 15.9 Å². The van der Waals surface area contributed by atoms with E-state index in [4.69, 9.17) is 0 Å². The molecule has 0 spiro atoms. The highest BCUT2D eigenvalue weighted by molar-refractivity contribution is 9.10. The van der Waals surface area contributed by atoms with Crippen molar-refractivity contribution in [3.8, 4) is 0 Å². The first-order valence-corrected chi connectivity index (χ1v) is 5.41. The van der Waals surface area contributed by atoms with Crippen molar-refractivity contribution in [3.63, 3.8) is 0 Å². The second-order valence-corrected chi connectivity index (χ2v) is 4.37. The summed E-state index contributed by atoms with van der Waals surface area (Å²) >= 11 is 3.32. The van der Waals surface area contributed by atoms with Crippen LogP contribution in [0.3, 0.4) is 0 Å². The molecule has 1 unspecified atom stereocenters. The quantitative estimate of drug-likeness (QED) is 0.867. The van der Waals surface area contributed by atoms with E-state index in [1.807, 2.05) is 26.0 Å². The zero-order valence-corrected chi connectivity index (χ0v) is 9.95. The monoisotopic (exact) mass is 258 g/mol. The van der Waals surface area contributed by atoms with Crippen molar-refractivity contribution < 1.29 is 5.11 Å². The lowest BCUT2D eigenvalue weighted by Crippen LogP contribution is -2.31. The number of halogens is 1. The summed E-state index contributed by atoms with van der Waals surface area (Å²) in [6.07, 6.45) is 1.74. The van der Waals surface area contributed by atoms with Crippen molar-refractivity contribution in [3.05, 3.63) is 28.5 Å². The minimum atomic E-state index is -0.0805. The first-order valence-electron chi connectivity index (χ1n) is 4.62. The van der Waals surface area contributed by atoms with E-state index in [0.29, 0.717) is 6.04 Å². The summed E-state index contributed by atoms with van der Waals surface area (Å²) in [5.41, 5.74) is 0.865. The van der Waals surface area contributed by atoms with Gasteiger partial charge in [-0.25, -0.2) is 0 Å². The van der Waals surface area contributed by atoms with Crippen LogP contribution in [0.25, 0.3) is 0 Å². The molecule has 0 fully saturated rings. The average molecular weight is 259 g/mol. The fraction of sp³-hybridized carbons (Fsp3) is 0.500. The van der Waals surface area contributed by atoms with Gasteiger partial charge < -0.3 is 10.4 Å². The molecule has 1 aromatic heterocycles. The van der Waals surface area contributed by atoms with Crippen LogP contribution >= 0.6 is 15.9 Å². The van der Waals surface area contributed by atoms with Gasteiger partial charge in [0.15, 0.2) is 0 Å². The van der Waals surface area contributed by atoms with Gasteiger partial charge in [-0.05, 0) is 28.1 Å². The van der Waals surface area contributed by atoms with Crippen LogP contribution in [0, 0.1) is 0 Å². The first kappa shape index (κ1) is 11.6. The second kappa shape index (κ2) is 5.44. The molecule has 0 aliphatic heterocycles. The minimum absolute atomic E-state index is 0.0623. The summed E-state index contributed by atoms with van der Waals surface area (Å²) in [7, 11) is 0. The van der Waals surface area contributed by atoms with E-state index < -0.39 is 0 Å². The van der Waals surface area contributed by atoms with Crippen LogP contribution in [0.4, 0.5) is 0 Å². The number of aromatic nitrogens is 1. The van der Waals surface area contributed by atoms with Gasteiger partial charge in [0.25, 0.3) is 0 Å². The van der Waals surface area contributed by atoms with Crippen LogP contribution < -0.4 is 5.32 Å². The number of nitrogens with zero attached hydrogens (tertiary/aromatic N) is 1. The fourth-order valence-electron chi connectivity index (χ4n) is 1.23. The topological polar surface area (TPSA) is 45.1 Å². The summed E-state index contributed by atoms with van der Waals surface area (Å²) in [6, 6.07) is 4.08. The standard InChI is InChI=1S/C10H15BrN2O/c1-7(2)13-10(6-14)9-4-3-8(11)5-12-9/h3-5,7,10,13-14H,6H2,1-2H3. The van der Waals surface area contributed by atoms with Crippen LogP contribution in [0.2, 0.25) is 0 Å². The van der Waals surface area contributed by atoms with Crippen LogP contribution in [-0.4, -0.2) is 22.7 Å². The SMILES string of the molecule is CC(C)NC(CO)c1ccc(Br)cn1. The zero-order valence-electron chi connectivity index (χ0n) is 8.37. The Morgan fingerprint density at radius 3 is 2.64 bits per heavy atom. The lowest BCUT2D eigenvalue weighted by molar-refractivity contribution is 0.234. The average Bonchev–Trinajstić information content (AvgIpc) is 2.15. The molecule has 1 heterocycles. The molecule has 78 valence electrons. The van der Waals surface area contributed by atoms with E-state index in [9.17, 15) is 5.11 Å². The lowest BCUT2D eigenvalue weighted by Gasteiger charge is -2.18. The lowest BCUT2D eigenvalue weighted by atomic mass is 10.2. The van der Waals surface area contributed by atoms with Crippen LogP contribution in [0.1, 0.15) is 25.6 Å². The van der Waals surface area contributed by atoms with Gasteiger partial charge >= 0.3 is 0 Å². The number of rotatable bonds is 4. The van der Waals surface area contributed by atoms with Crippen LogP contribution in [-0.2, 0) is 0 Å². The maximum atomic E-state index is 9.18. The normalized spacial score (nSPS) is 13.2. The van der Waals surface area contributed by atoms with Crippen molar-refractivity contribution in [2.45, 2.75) is 25.9 Å². The smallest absolute Gasteiger partial charge is 0.0731 e. The Hall–Kier alpha value is -0.450. The van der Waals surface area contributed by atoms with Crippen LogP contribution in [0.15, 0.2) is 22.8 Å². The molecule has 14 heavy (non-hydrogen) atoms. The molecule has 2 N–H and O–H groups in total. The highest BCUT2D eigenvalue weighted by Crippen LogP contribution is 2.13. The van der Waals surface area contributed by atoms with E-state index in [2.05, 4.69) is 26.2 Å². The van der Waals surface area contributed by atoms with Gasteiger partial charge in [0, 0.05) is 16.7 Å². The number of nitrogens with one attached hydrogen (secondary N) is 1. The zero-order chi connectivity index (χ0) is 10.6. The number of pyridine rings is 1. The maximum absolute atomic E-state index is 9.18. The van der Waals surface area contributed by atoms with Gasteiger partial charge in [-0.3, -0.25) is 4.98 Å². The Kier molecular flexibility index (Phi) is 4.51. The van der Waals surface area contributed by atoms with Crippen molar-refractivity contribution in [2.24, 2.45) is 0 Å². The second-order valence-electron chi connectivity index (χ2n) is 3.46. The van der Waals surface area contributed by atoms with Crippen molar-refractivity contribution in [2.75, 3.05) is 6.61 Å². The van der Waals surface area contributed by atoms with Gasteiger partial charge in [0.05, 0.1) is 18.3 Å². The van der Waals surface area contributed by atoms with E-state index in [1.54, 1.807) is 6.20 Å². The summed E-state index contributed by atoms with van der Waals surface area (Å²) in [5, 5.41) is 12.4. The predicted molar refractivity (Wildman–Crippen MR) is 60.0 cm³/mol. The molecule has 0 aromatic carbocycles. The van der Waals surface area contributed by atoms with Gasteiger partial charge in [-0.15, -0.1) is 0 Å². The molecule has 0 aliphatic carbocycles. The Bertz CT molecular complexity index is 274. The molecule has 0 aliphatic rings. The van der Waals surface area contributed by atoms with E-state index >= 15 is 0 Å². The molecular formula is C10H15BrN2O. The minimum Gasteiger partial charge on any atom is -0.394 e. The largest absolute Gasteiger partial charge is 0.394 e. The van der Waals surface area contributed by atoms with E-state index in [0.717, 1.165) is 10.2 Å². The molecule has 3 nitrogen and oxygen atoms in total. The third-order valence-electron chi connectivity index (χ3n) is 1.82. The van der Waals surface area contributed by atoms with Crippen molar-refractivity contribution in [1.82, 2.24) is 10.3 Å². The van der Waals surface area contributed by atoms with Crippen molar-refractivity contribution in [1.29, 1.82) is 0 Å². The van der Waals surface area contributed by atoms with Crippen LogP contribution in [0.5, 0.6) is 0 Å². The van der Waals surface area contributed by atoms with E-state index in [1.165, 1.54) is 0 Å². The molecule has 4 heteroatoms. The molecule has 1 aromatic rings. The summed E-state index contributed by atoms with van der Waals surface area (Å²) in [6.45, 7) is 4.15. The molecule has 1 rings (SSSR count). The molecular weight excluding hydrogens is 244 g/mol. The van der Waals surface area contributed by atoms with E-state index in [-0.39, 0.29) is 12.6 Å². The third kappa shape index (κ3) is 3.36. The Balaban J connectivity index is 2.73. The Labute approximate surface area is 92.7 Å². The van der Waals surface area contributed by atoms with Gasteiger partial charge in [0.1, 0.15) is 0 Å². The number of hydrogen-bond donors (Lipinski definition) is 2.